The predicted molar refractivity (Wildman–Crippen MR) is 61.9 cm³/mol. The molecule has 1 aliphatic heterocycles. The smallest absolute Gasteiger partial charge is 0.430 e. The predicted octanol–water partition coefficient (Wildman–Crippen LogP) is 3.18. The molecule has 1 atom stereocenters. The molecule has 0 saturated carbocycles. The van der Waals surface area contributed by atoms with Gasteiger partial charge in [-0.3, -0.25) is 0 Å². The number of aryl methyl sites for hydroxylation is 1. The molecule has 1 unspecified atom stereocenters. The minimum atomic E-state index is -4.77. The van der Waals surface area contributed by atoms with Gasteiger partial charge in [0.25, 0.3) is 0 Å². The molecular weight excluding hydrogens is 261 g/mol. The molecule has 0 bridgehead atoms. The molecule has 1 aromatic carbocycles. The second-order valence-electron chi connectivity index (χ2n) is 4.33. The van der Waals surface area contributed by atoms with Gasteiger partial charge in [0.15, 0.2) is 0 Å². The van der Waals surface area contributed by atoms with Crippen molar-refractivity contribution in [1.82, 2.24) is 0 Å². The number of benzene rings is 1. The number of hydrogen-bond acceptors (Lipinski definition) is 2. The Bertz CT molecular complexity index is 573. The molecule has 0 aliphatic carbocycles. The van der Waals surface area contributed by atoms with Crippen molar-refractivity contribution < 1.29 is 27.8 Å². The minimum Gasteiger partial charge on any atom is -0.478 e. The molecule has 1 N–H and O–H groups in total. The number of aliphatic carboxylic acids is 1. The Balaban J connectivity index is 2.70. The van der Waals surface area contributed by atoms with Gasteiger partial charge in [0.05, 0.1) is 5.57 Å². The number of carboxylic acid groups (broad SMARTS) is 1. The van der Waals surface area contributed by atoms with Crippen LogP contribution < -0.4 is 4.74 Å². The van der Waals surface area contributed by atoms with Gasteiger partial charge in [-0.25, -0.2) is 4.79 Å². The van der Waals surface area contributed by atoms with Crippen LogP contribution >= 0.6 is 0 Å². The molecule has 0 saturated heterocycles. The Morgan fingerprint density at radius 3 is 2.47 bits per heavy atom. The lowest BCUT2D eigenvalue weighted by atomic mass is 9.91. The van der Waals surface area contributed by atoms with E-state index in [-0.39, 0.29) is 11.3 Å². The van der Waals surface area contributed by atoms with Crippen LogP contribution in [0.25, 0.3) is 5.57 Å². The van der Waals surface area contributed by atoms with Gasteiger partial charge in [0.2, 0.25) is 6.10 Å². The minimum absolute atomic E-state index is 0.0600. The summed E-state index contributed by atoms with van der Waals surface area (Å²) in [5.41, 5.74) is 0.429. The molecule has 1 aliphatic rings. The molecule has 102 valence electrons. The Morgan fingerprint density at radius 2 is 1.95 bits per heavy atom. The zero-order chi connectivity index (χ0) is 14.4. The first-order valence-electron chi connectivity index (χ1n) is 5.51. The maximum atomic E-state index is 12.9. The molecule has 0 spiro atoms. The van der Waals surface area contributed by atoms with Crippen LogP contribution in [0.2, 0.25) is 0 Å². The van der Waals surface area contributed by atoms with Gasteiger partial charge in [0, 0.05) is 5.56 Å². The quantitative estimate of drug-likeness (QED) is 0.854. The van der Waals surface area contributed by atoms with E-state index < -0.39 is 23.8 Å². The maximum absolute atomic E-state index is 12.9. The summed E-state index contributed by atoms with van der Waals surface area (Å²) in [5.74, 6) is -1.56. The van der Waals surface area contributed by atoms with E-state index in [1.165, 1.54) is 13.0 Å². The van der Waals surface area contributed by atoms with Gasteiger partial charge >= 0.3 is 12.1 Å². The van der Waals surface area contributed by atoms with E-state index in [0.717, 1.165) is 0 Å². The molecular formula is C13H11F3O3. The van der Waals surface area contributed by atoms with Crippen molar-refractivity contribution in [3.63, 3.8) is 0 Å². The number of hydrogen-bond donors (Lipinski definition) is 1. The van der Waals surface area contributed by atoms with Gasteiger partial charge in [0.1, 0.15) is 5.75 Å². The van der Waals surface area contributed by atoms with Gasteiger partial charge in [-0.2, -0.15) is 13.2 Å². The van der Waals surface area contributed by atoms with E-state index in [0.29, 0.717) is 11.1 Å². The van der Waals surface area contributed by atoms with Crippen LogP contribution in [0.15, 0.2) is 23.8 Å². The molecule has 1 aromatic rings. The highest BCUT2D eigenvalue weighted by Gasteiger charge is 2.49. The summed E-state index contributed by atoms with van der Waals surface area (Å²) in [4.78, 5) is 11.1. The van der Waals surface area contributed by atoms with Gasteiger partial charge < -0.3 is 9.84 Å². The van der Waals surface area contributed by atoms with E-state index in [1.54, 1.807) is 19.1 Å². The summed E-state index contributed by atoms with van der Waals surface area (Å²) in [7, 11) is 0. The first-order valence-corrected chi connectivity index (χ1v) is 5.51. The van der Waals surface area contributed by atoms with E-state index in [1.807, 2.05) is 0 Å². The standard InChI is InChI=1S/C13H11F3O3/c1-6-4-3-5-8-9(6)7(2)10(12(17)18)11(19-8)13(14,15)16/h3-5,11H,1-2H3,(H,17,18). The SMILES string of the molecule is CC1=C(C(=O)O)C(C(F)(F)F)Oc2cccc(C)c21. The third kappa shape index (κ3) is 2.18. The monoisotopic (exact) mass is 272 g/mol. The molecule has 3 nitrogen and oxygen atoms in total. The second-order valence-corrected chi connectivity index (χ2v) is 4.33. The normalized spacial score (nSPS) is 18.9. The topological polar surface area (TPSA) is 46.5 Å². The van der Waals surface area contributed by atoms with Crippen molar-refractivity contribution in [2.45, 2.75) is 26.1 Å². The number of carbonyl (C=O) groups is 1. The van der Waals surface area contributed by atoms with Crippen molar-refractivity contribution >= 4 is 11.5 Å². The fraction of sp³-hybridized carbons (Fsp3) is 0.308. The number of ether oxygens (including phenoxy) is 1. The van der Waals surface area contributed by atoms with Crippen LogP contribution in [0.1, 0.15) is 18.1 Å². The summed E-state index contributed by atoms with van der Waals surface area (Å²) in [6, 6.07) is 4.67. The highest BCUT2D eigenvalue weighted by atomic mass is 19.4. The molecule has 19 heavy (non-hydrogen) atoms. The average molecular weight is 272 g/mol. The van der Waals surface area contributed by atoms with E-state index in [2.05, 4.69) is 0 Å². The van der Waals surface area contributed by atoms with Crippen LogP contribution in [0.5, 0.6) is 5.75 Å². The largest absolute Gasteiger partial charge is 0.478 e. The highest BCUT2D eigenvalue weighted by molar-refractivity contribution is 5.99. The van der Waals surface area contributed by atoms with Gasteiger partial charge in [-0.05, 0) is 31.1 Å². The van der Waals surface area contributed by atoms with Crippen molar-refractivity contribution in [3.05, 3.63) is 34.9 Å². The number of rotatable bonds is 1. The van der Waals surface area contributed by atoms with E-state index in [9.17, 15) is 18.0 Å². The Kier molecular flexibility index (Phi) is 3.04. The molecule has 1 heterocycles. The second kappa shape index (κ2) is 4.29. The van der Waals surface area contributed by atoms with E-state index in [4.69, 9.17) is 9.84 Å². The molecule has 0 amide bonds. The lowest BCUT2D eigenvalue weighted by molar-refractivity contribution is -0.187. The molecule has 0 aromatic heterocycles. The fourth-order valence-corrected chi connectivity index (χ4v) is 2.24. The Hall–Kier alpha value is -1.98. The first kappa shape index (κ1) is 13.5. The van der Waals surface area contributed by atoms with Crippen molar-refractivity contribution in [2.24, 2.45) is 0 Å². The fourth-order valence-electron chi connectivity index (χ4n) is 2.24. The zero-order valence-electron chi connectivity index (χ0n) is 10.2. The van der Waals surface area contributed by atoms with Gasteiger partial charge in [-0.1, -0.05) is 12.1 Å². The average Bonchev–Trinajstić information content (AvgIpc) is 2.26. The number of halogens is 3. The lowest BCUT2D eigenvalue weighted by Crippen LogP contribution is -2.41. The first-order chi connectivity index (χ1) is 8.73. The number of allylic oxidation sites excluding steroid dienone is 1. The van der Waals surface area contributed by atoms with Crippen molar-refractivity contribution in [3.8, 4) is 5.75 Å². The number of alkyl halides is 3. The molecule has 2 rings (SSSR count). The summed E-state index contributed by atoms with van der Waals surface area (Å²) in [6.45, 7) is 3.07. The van der Waals surface area contributed by atoms with Crippen molar-refractivity contribution in [2.75, 3.05) is 0 Å². The number of carboxylic acids is 1. The molecule has 6 heteroatoms. The van der Waals surface area contributed by atoms with Crippen LogP contribution in [0.4, 0.5) is 13.2 Å². The molecule has 0 radical (unpaired) electrons. The van der Waals surface area contributed by atoms with Crippen LogP contribution in [-0.2, 0) is 4.79 Å². The third-order valence-electron chi connectivity index (χ3n) is 3.05. The van der Waals surface area contributed by atoms with Crippen LogP contribution in [0, 0.1) is 6.92 Å². The van der Waals surface area contributed by atoms with Crippen LogP contribution in [-0.4, -0.2) is 23.4 Å². The van der Waals surface area contributed by atoms with Crippen LogP contribution in [0.3, 0.4) is 0 Å². The maximum Gasteiger partial charge on any atom is 0.430 e. The summed E-state index contributed by atoms with van der Waals surface area (Å²) < 4.78 is 43.5. The summed E-state index contributed by atoms with van der Waals surface area (Å²) in [6.07, 6.45) is -7.20. The van der Waals surface area contributed by atoms with Gasteiger partial charge in [-0.15, -0.1) is 0 Å². The van der Waals surface area contributed by atoms with Crippen molar-refractivity contribution in [1.29, 1.82) is 0 Å². The Morgan fingerprint density at radius 1 is 1.32 bits per heavy atom. The zero-order valence-corrected chi connectivity index (χ0v) is 10.2. The molecule has 0 fully saturated rings. The van der Waals surface area contributed by atoms with E-state index >= 15 is 0 Å². The Labute approximate surface area is 107 Å². The summed E-state index contributed by atoms with van der Waals surface area (Å²) >= 11 is 0. The highest BCUT2D eigenvalue weighted by Crippen LogP contribution is 2.42. The lowest BCUT2D eigenvalue weighted by Gasteiger charge is -2.30. The summed E-state index contributed by atoms with van der Waals surface area (Å²) in [5, 5.41) is 9.02. The third-order valence-corrected chi connectivity index (χ3v) is 3.05. The number of fused-ring (bicyclic) bond motifs is 1.